The number of carbonyl (C=O) groups is 1. The maximum absolute atomic E-state index is 12.2. The lowest BCUT2D eigenvalue weighted by Gasteiger charge is -2.26. The Bertz CT molecular complexity index is 528. The highest BCUT2D eigenvalue weighted by molar-refractivity contribution is 6.33. The number of nitrogens with two attached hydrogens (primary N) is 1. The lowest BCUT2D eigenvalue weighted by atomic mass is 9.91. The van der Waals surface area contributed by atoms with Crippen LogP contribution in [0.5, 0.6) is 0 Å². The van der Waals surface area contributed by atoms with Gasteiger partial charge in [0.15, 0.2) is 0 Å². The van der Waals surface area contributed by atoms with E-state index >= 15 is 0 Å². The van der Waals surface area contributed by atoms with Gasteiger partial charge in [0.25, 0.3) is 5.91 Å². The van der Waals surface area contributed by atoms with E-state index in [-0.39, 0.29) is 28.4 Å². The molecule has 0 radical (unpaired) electrons. The van der Waals surface area contributed by atoms with Crippen molar-refractivity contribution in [2.45, 2.75) is 37.8 Å². The van der Waals surface area contributed by atoms with Crippen molar-refractivity contribution in [1.29, 1.82) is 0 Å². The van der Waals surface area contributed by atoms with E-state index in [2.05, 4.69) is 5.32 Å². The Hall–Kier alpha value is -1.66. The van der Waals surface area contributed by atoms with Gasteiger partial charge in [0.2, 0.25) is 0 Å². The summed E-state index contributed by atoms with van der Waals surface area (Å²) in [5, 5.41) is 13.8. The van der Waals surface area contributed by atoms with Crippen LogP contribution < -0.4 is 11.1 Å². The monoisotopic (exact) mass is 297 g/mol. The number of benzene rings is 1. The van der Waals surface area contributed by atoms with Crippen LogP contribution in [0.2, 0.25) is 5.02 Å². The lowest BCUT2D eigenvalue weighted by molar-refractivity contribution is -0.385. The Morgan fingerprint density at radius 1 is 1.35 bits per heavy atom. The van der Waals surface area contributed by atoms with E-state index in [0.717, 1.165) is 25.7 Å². The molecule has 1 aromatic rings. The summed E-state index contributed by atoms with van der Waals surface area (Å²) in [6.07, 6.45) is 3.29. The first-order chi connectivity index (χ1) is 9.49. The maximum Gasteiger partial charge on any atom is 0.300 e. The molecule has 0 heterocycles. The third-order valence-corrected chi connectivity index (χ3v) is 3.83. The minimum Gasteiger partial charge on any atom is -0.349 e. The van der Waals surface area contributed by atoms with E-state index in [1.54, 1.807) is 0 Å². The molecule has 0 saturated heterocycles. The standard InChI is InChI=1S/C13H16ClN3O3/c14-11-3-1-2-10(12(11)17(19)20)13(18)16-9-6-4-8(15)5-7-9/h1-3,8-9H,4-7,15H2,(H,16,18). The van der Waals surface area contributed by atoms with E-state index in [9.17, 15) is 14.9 Å². The number of hydrogen-bond acceptors (Lipinski definition) is 4. The zero-order valence-corrected chi connectivity index (χ0v) is 11.6. The molecule has 2 rings (SSSR count). The van der Waals surface area contributed by atoms with Gasteiger partial charge in [-0.05, 0) is 37.8 Å². The third-order valence-electron chi connectivity index (χ3n) is 3.52. The van der Waals surface area contributed by atoms with Crippen molar-refractivity contribution in [1.82, 2.24) is 5.32 Å². The molecule has 7 heteroatoms. The highest BCUT2D eigenvalue weighted by Gasteiger charge is 2.26. The van der Waals surface area contributed by atoms with Crippen molar-refractivity contribution in [2.24, 2.45) is 5.73 Å². The molecule has 0 aliphatic heterocycles. The number of hydrogen-bond donors (Lipinski definition) is 2. The van der Waals surface area contributed by atoms with E-state index in [4.69, 9.17) is 17.3 Å². The highest BCUT2D eigenvalue weighted by Crippen LogP contribution is 2.28. The van der Waals surface area contributed by atoms with Crippen molar-refractivity contribution in [2.75, 3.05) is 0 Å². The van der Waals surface area contributed by atoms with Crippen LogP contribution in [0.25, 0.3) is 0 Å². The molecule has 0 spiro atoms. The quantitative estimate of drug-likeness (QED) is 0.660. The smallest absolute Gasteiger partial charge is 0.300 e. The van der Waals surface area contributed by atoms with E-state index < -0.39 is 10.8 Å². The summed E-state index contributed by atoms with van der Waals surface area (Å²) in [6, 6.07) is 4.54. The van der Waals surface area contributed by atoms with Gasteiger partial charge in [-0.3, -0.25) is 14.9 Å². The third kappa shape index (κ3) is 3.26. The van der Waals surface area contributed by atoms with Gasteiger partial charge in [-0.25, -0.2) is 0 Å². The van der Waals surface area contributed by atoms with Crippen LogP contribution in [-0.4, -0.2) is 22.9 Å². The van der Waals surface area contributed by atoms with E-state index in [1.165, 1.54) is 18.2 Å². The zero-order chi connectivity index (χ0) is 14.7. The van der Waals surface area contributed by atoms with Crippen LogP contribution in [0.3, 0.4) is 0 Å². The minimum atomic E-state index is -0.631. The molecule has 0 atom stereocenters. The normalized spacial score (nSPS) is 22.3. The predicted molar refractivity (Wildman–Crippen MR) is 75.8 cm³/mol. The molecule has 0 unspecified atom stereocenters. The van der Waals surface area contributed by atoms with Crippen LogP contribution in [-0.2, 0) is 0 Å². The predicted octanol–water partition coefficient (Wildman–Crippen LogP) is 2.25. The number of nitro groups is 1. The summed E-state index contributed by atoms with van der Waals surface area (Å²) in [4.78, 5) is 22.5. The second kappa shape index (κ2) is 6.19. The van der Waals surface area contributed by atoms with Gasteiger partial charge in [0.05, 0.1) is 4.92 Å². The first-order valence-electron chi connectivity index (χ1n) is 6.48. The van der Waals surface area contributed by atoms with Gasteiger partial charge >= 0.3 is 5.69 Å². The number of rotatable bonds is 3. The molecule has 0 bridgehead atoms. The SMILES string of the molecule is NC1CCC(NC(=O)c2cccc(Cl)c2[N+](=O)[O-])CC1. The van der Waals surface area contributed by atoms with Gasteiger partial charge < -0.3 is 11.1 Å². The van der Waals surface area contributed by atoms with Crippen LogP contribution in [0, 0.1) is 10.1 Å². The highest BCUT2D eigenvalue weighted by atomic mass is 35.5. The van der Waals surface area contributed by atoms with Crippen molar-refractivity contribution >= 4 is 23.2 Å². The Balaban J connectivity index is 2.13. The molecular weight excluding hydrogens is 282 g/mol. The molecule has 108 valence electrons. The Labute approximate surface area is 121 Å². The molecule has 20 heavy (non-hydrogen) atoms. The maximum atomic E-state index is 12.2. The summed E-state index contributed by atoms with van der Waals surface area (Å²) < 4.78 is 0. The molecule has 0 aromatic heterocycles. The van der Waals surface area contributed by atoms with Gasteiger partial charge in [0.1, 0.15) is 10.6 Å². The number of nitrogens with one attached hydrogen (secondary N) is 1. The minimum absolute atomic E-state index is 0.00243. The van der Waals surface area contributed by atoms with Crippen molar-refractivity contribution in [3.05, 3.63) is 38.9 Å². The van der Waals surface area contributed by atoms with Crippen molar-refractivity contribution < 1.29 is 9.72 Å². The van der Waals surface area contributed by atoms with Gasteiger partial charge in [-0.15, -0.1) is 0 Å². The van der Waals surface area contributed by atoms with Crippen LogP contribution >= 0.6 is 11.6 Å². The average molecular weight is 298 g/mol. The number of amides is 1. The molecule has 1 aromatic carbocycles. The Morgan fingerprint density at radius 3 is 2.60 bits per heavy atom. The first-order valence-corrected chi connectivity index (χ1v) is 6.86. The van der Waals surface area contributed by atoms with Crippen LogP contribution in [0.1, 0.15) is 36.0 Å². The summed E-state index contributed by atoms with van der Waals surface area (Å²) in [6.45, 7) is 0. The molecule has 6 nitrogen and oxygen atoms in total. The molecule has 1 amide bonds. The van der Waals surface area contributed by atoms with Gasteiger partial charge in [0, 0.05) is 12.1 Å². The fourth-order valence-electron chi connectivity index (χ4n) is 2.41. The zero-order valence-electron chi connectivity index (χ0n) is 10.8. The topological polar surface area (TPSA) is 98.3 Å². The fraction of sp³-hybridized carbons (Fsp3) is 0.462. The fourth-order valence-corrected chi connectivity index (χ4v) is 2.65. The van der Waals surface area contributed by atoms with Crippen molar-refractivity contribution in [3.63, 3.8) is 0 Å². The first kappa shape index (κ1) is 14.7. The molecule has 1 saturated carbocycles. The van der Waals surface area contributed by atoms with Crippen LogP contribution in [0.4, 0.5) is 5.69 Å². The number of nitrogens with zero attached hydrogens (tertiary/aromatic N) is 1. The molecule has 1 aliphatic carbocycles. The number of carbonyl (C=O) groups excluding carboxylic acids is 1. The summed E-state index contributed by atoms with van der Waals surface area (Å²) in [5.74, 6) is -0.459. The number of halogens is 1. The van der Waals surface area contributed by atoms with E-state index in [0.29, 0.717) is 0 Å². The van der Waals surface area contributed by atoms with E-state index in [1.807, 2.05) is 0 Å². The average Bonchev–Trinajstić information content (AvgIpc) is 2.40. The number of nitro benzene ring substituents is 1. The molecular formula is C13H16ClN3O3. The second-order valence-corrected chi connectivity index (χ2v) is 5.39. The van der Waals surface area contributed by atoms with Crippen molar-refractivity contribution in [3.8, 4) is 0 Å². The Morgan fingerprint density at radius 2 is 2.00 bits per heavy atom. The largest absolute Gasteiger partial charge is 0.349 e. The van der Waals surface area contributed by atoms with Crippen LogP contribution in [0.15, 0.2) is 18.2 Å². The summed E-state index contributed by atoms with van der Waals surface area (Å²) in [7, 11) is 0. The molecule has 3 N–H and O–H groups in total. The summed E-state index contributed by atoms with van der Waals surface area (Å²) in [5.41, 5.74) is 5.45. The lowest BCUT2D eigenvalue weighted by Crippen LogP contribution is -2.40. The summed E-state index contributed by atoms with van der Waals surface area (Å²) >= 11 is 5.79. The van der Waals surface area contributed by atoms with Gasteiger partial charge in [-0.1, -0.05) is 17.7 Å². The second-order valence-electron chi connectivity index (χ2n) is 4.98. The molecule has 1 aliphatic rings. The molecule has 1 fully saturated rings. The van der Waals surface area contributed by atoms with Gasteiger partial charge in [-0.2, -0.15) is 0 Å². The number of para-hydroxylation sites is 1. The Kier molecular flexibility index (Phi) is 4.57.